The van der Waals surface area contributed by atoms with Gasteiger partial charge in [0.1, 0.15) is 11.1 Å². The quantitative estimate of drug-likeness (QED) is 0.674. The fourth-order valence-corrected chi connectivity index (χ4v) is 3.19. The molecule has 0 atom stereocenters. The molecule has 110 valence electrons. The molecule has 0 bridgehead atoms. The lowest BCUT2D eigenvalue weighted by Crippen LogP contribution is -2.04. The van der Waals surface area contributed by atoms with E-state index in [2.05, 4.69) is 11.4 Å². The molecule has 0 unspecified atom stereocenters. The van der Waals surface area contributed by atoms with Gasteiger partial charge in [-0.25, -0.2) is 0 Å². The molecule has 2 aromatic carbocycles. The number of nitriles is 1. The van der Waals surface area contributed by atoms with Crippen molar-refractivity contribution in [2.45, 2.75) is 6.18 Å². The van der Waals surface area contributed by atoms with E-state index in [9.17, 15) is 18.4 Å². The molecule has 1 N–H and O–H groups in total. The maximum Gasteiger partial charge on any atom is 0.416 e. The van der Waals surface area contributed by atoms with Crippen molar-refractivity contribution in [2.24, 2.45) is 0 Å². The molecule has 6 heteroatoms. The molecule has 0 saturated heterocycles. The maximum atomic E-state index is 12.5. The highest BCUT2D eigenvalue weighted by Crippen LogP contribution is 2.37. The lowest BCUT2D eigenvalue weighted by atomic mass is 10.1. The van der Waals surface area contributed by atoms with Crippen molar-refractivity contribution < 1.29 is 13.2 Å². The summed E-state index contributed by atoms with van der Waals surface area (Å²) in [5.74, 6) is 0. The minimum Gasteiger partial charge on any atom is -0.346 e. The molecule has 1 heterocycles. The normalized spacial score (nSPS) is 11.4. The highest BCUT2D eigenvalue weighted by atomic mass is 32.1. The van der Waals surface area contributed by atoms with Gasteiger partial charge in [-0.1, -0.05) is 18.2 Å². The van der Waals surface area contributed by atoms with Gasteiger partial charge in [-0.05, 0) is 30.3 Å². The lowest BCUT2D eigenvalue weighted by Gasteiger charge is -2.08. The molecular weight excluding hydrogens is 309 g/mol. The minimum atomic E-state index is -4.35. The van der Waals surface area contributed by atoms with E-state index in [4.69, 9.17) is 0 Å². The Balaban J connectivity index is 1.95. The Hall–Kier alpha value is -2.52. The van der Waals surface area contributed by atoms with Gasteiger partial charge in [0.05, 0.1) is 11.1 Å². The Kier molecular flexibility index (Phi) is 3.51. The van der Waals surface area contributed by atoms with Crippen LogP contribution in [0.2, 0.25) is 0 Å². The summed E-state index contributed by atoms with van der Waals surface area (Å²) in [6.07, 6.45) is -4.35. The summed E-state index contributed by atoms with van der Waals surface area (Å²) in [7, 11) is 0. The van der Waals surface area contributed by atoms with Gasteiger partial charge in [-0.3, -0.25) is 0 Å². The van der Waals surface area contributed by atoms with Gasteiger partial charge >= 0.3 is 6.18 Å². The number of alkyl halides is 3. The Morgan fingerprint density at radius 1 is 1.00 bits per heavy atom. The van der Waals surface area contributed by atoms with E-state index >= 15 is 0 Å². The number of nitrogens with one attached hydrogen (secondary N) is 1. The van der Waals surface area contributed by atoms with Gasteiger partial charge < -0.3 is 5.32 Å². The van der Waals surface area contributed by atoms with Gasteiger partial charge in [0.2, 0.25) is 0 Å². The molecule has 0 aliphatic carbocycles. The van der Waals surface area contributed by atoms with Crippen molar-refractivity contribution in [3.63, 3.8) is 0 Å². The summed E-state index contributed by atoms with van der Waals surface area (Å²) in [4.78, 5) is 0. The molecule has 2 nitrogen and oxygen atoms in total. The number of hydrogen-bond donors (Lipinski definition) is 1. The summed E-state index contributed by atoms with van der Waals surface area (Å²) in [6, 6.07) is 14.4. The van der Waals surface area contributed by atoms with Crippen LogP contribution in [0.4, 0.5) is 23.9 Å². The Morgan fingerprint density at radius 2 is 1.68 bits per heavy atom. The Labute approximate surface area is 128 Å². The van der Waals surface area contributed by atoms with E-state index in [0.29, 0.717) is 16.3 Å². The fourth-order valence-electron chi connectivity index (χ4n) is 2.12. The van der Waals surface area contributed by atoms with Crippen LogP contribution in [0.5, 0.6) is 0 Å². The first-order valence-corrected chi connectivity index (χ1v) is 7.16. The fraction of sp³-hybridized carbons (Fsp3) is 0.0625. The SMILES string of the molecule is N#Cc1c(Nc2ccc(C(F)(F)F)cc2)sc2ccccc12. The van der Waals surface area contributed by atoms with Gasteiger partial charge in [0, 0.05) is 15.8 Å². The second-order valence-corrected chi connectivity index (χ2v) is 5.67. The zero-order valence-electron chi connectivity index (χ0n) is 11.1. The van der Waals surface area contributed by atoms with Gasteiger partial charge in [0.25, 0.3) is 0 Å². The molecule has 0 amide bonds. The van der Waals surface area contributed by atoms with Crippen LogP contribution in [0.25, 0.3) is 10.1 Å². The Morgan fingerprint density at radius 3 is 2.32 bits per heavy atom. The van der Waals surface area contributed by atoms with E-state index in [-0.39, 0.29) is 0 Å². The number of halogens is 3. The highest BCUT2D eigenvalue weighted by molar-refractivity contribution is 7.23. The van der Waals surface area contributed by atoms with Crippen LogP contribution < -0.4 is 5.32 Å². The average Bonchev–Trinajstić information content (AvgIpc) is 2.84. The standard InChI is InChI=1S/C16H9F3N2S/c17-16(18,19)10-5-7-11(8-6-10)21-15-13(9-20)12-3-1-2-4-14(12)22-15/h1-8,21H. The second-order valence-electron chi connectivity index (χ2n) is 4.61. The van der Waals surface area contributed by atoms with E-state index < -0.39 is 11.7 Å². The number of hydrogen-bond acceptors (Lipinski definition) is 3. The molecular formula is C16H9F3N2S. The predicted molar refractivity (Wildman–Crippen MR) is 81.3 cm³/mol. The first-order chi connectivity index (χ1) is 10.5. The number of rotatable bonds is 2. The van der Waals surface area contributed by atoms with E-state index in [1.165, 1.54) is 23.5 Å². The smallest absolute Gasteiger partial charge is 0.346 e. The third-order valence-electron chi connectivity index (χ3n) is 3.18. The van der Waals surface area contributed by atoms with Crippen LogP contribution in [0, 0.1) is 11.3 Å². The van der Waals surface area contributed by atoms with Crippen molar-refractivity contribution in [3.8, 4) is 6.07 Å². The third kappa shape index (κ3) is 2.63. The first kappa shape index (κ1) is 14.4. The molecule has 0 saturated carbocycles. The number of fused-ring (bicyclic) bond motifs is 1. The topological polar surface area (TPSA) is 35.8 Å². The molecule has 0 aliphatic rings. The summed E-state index contributed by atoms with van der Waals surface area (Å²) < 4.78 is 38.6. The molecule has 3 rings (SSSR count). The molecule has 3 aromatic rings. The molecule has 1 aromatic heterocycles. The predicted octanol–water partition coefficient (Wildman–Crippen LogP) is 5.54. The first-order valence-electron chi connectivity index (χ1n) is 6.35. The van der Waals surface area contributed by atoms with E-state index in [0.717, 1.165) is 22.2 Å². The lowest BCUT2D eigenvalue weighted by molar-refractivity contribution is -0.137. The van der Waals surface area contributed by atoms with E-state index in [1.807, 2.05) is 24.3 Å². The van der Waals surface area contributed by atoms with Crippen LogP contribution in [0.3, 0.4) is 0 Å². The van der Waals surface area contributed by atoms with Crippen LogP contribution >= 0.6 is 11.3 Å². The molecule has 0 spiro atoms. The minimum absolute atomic E-state index is 0.500. The summed E-state index contributed by atoms with van der Waals surface area (Å²) >= 11 is 1.40. The van der Waals surface area contributed by atoms with Crippen LogP contribution in [0.1, 0.15) is 11.1 Å². The number of nitrogens with zero attached hydrogens (tertiary/aromatic N) is 1. The number of benzene rings is 2. The summed E-state index contributed by atoms with van der Waals surface area (Å²) in [5, 5.41) is 13.8. The largest absolute Gasteiger partial charge is 0.416 e. The molecule has 0 radical (unpaired) electrons. The second kappa shape index (κ2) is 5.35. The van der Waals surface area contributed by atoms with Crippen molar-refractivity contribution in [1.29, 1.82) is 5.26 Å². The summed E-state index contributed by atoms with van der Waals surface area (Å²) in [5.41, 5.74) is 0.312. The van der Waals surface area contributed by atoms with Crippen molar-refractivity contribution >= 4 is 32.1 Å². The monoisotopic (exact) mass is 318 g/mol. The Bertz CT molecular complexity index is 858. The van der Waals surface area contributed by atoms with Crippen LogP contribution in [0.15, 0.2) is 48.5 Å². The molecule has 0 aliphatic heterocycles. The van der Waals surface area contributed by atoms with Crippen molar-refractivity contribution in [1.82, 2.24) is 0 Å². The van der Waals surface area contributed by atoms with Crippen molar-refractivity contribution in [2.75, 3.05) is 5.32 Å². The van der Waals surface area contributed by atoms with Crippen LogP contribution in [-0.4, -0.2) is 0 Å². The summed E-state index contributed by atoms with van der Waals surface area (Å²) in [6.45, 7) is 0. The van der Waals surface area contributed by atoms with Gasteiger partial charge in [-0.2, -0.15) is 18.4 Å². The maximum absolute atomic E-state index is 12.5. The van der Waals surface area contributed by atoms with Gasteiger partial charge in [0.15, 0.2) is 0 Å². The zero-order chi connectivity index (χ0) is 15.7. The van der Waals surface area contributed by atoms with Crippen molar-refractivity contribution in [3.05, 3.63) is 59.7 Å². The number of thiophene rings is 1. The van der Waals surface area contributed by atoms with E-state index in [1.54, 1.807) is 0 Å². The number of anilines is 2. The molecule has 0 fully saturated rings. The average molecular weight is 318 g/mol. The van der Waals surface area contributed by atoms with Crippen LogP contribution in [-0.2, 0) is 6.18 Å². The van der Waals surface area contributed by atoms with Gasteiger partial charge in [-0.15, -0.1) is 11.3 Å². The molecule has 22 heavy (non-hydrogen) atoms. The third-order valence-corrected chi connectivity index (χ3v) is 4.26. The highest BCUT2D eigenvalue weighted by Gasteiger charge is 2.29. The zero-order valence-corrected chi connectivity index (χ0v) is 11.9.